The van der Waals surface area contributed by atoms with E-state index in [1.807, 2.05) is 0 Å². The molecule has 0 aliphatic heterocycles. The van der Waals surface area contributed by atoms with E-state index in [0.29, 0.717) is 5.56 Å². The molecule has 0 unspecified atom stereocenters. The van der Waals surface area contributed by atoms with Crippen LogP contribution in [0.2, 0.25) is 0 Å². The smallest absolute Gasteiger partial charge is 0.329 e. The number of nitrogens with one attached hydrogen (secondary N) is 4. The van der Waals surface area contributed by atoms with E-state index in [1.165, 1.54) is 40.3 Å². The number of benzene rings is 2. The second-order valence-corrected chi connectivity index (χ2v) is 8.52. The molecule has 2 aromatic carbocycles. The molecule has 0 aliphatic rings. The van der Waals surface area contributed by atoms with Gasteiger partial charge < -0.3 is 10.6 Å². The maximum Gasteiger partial charge on any atom is 0.329 e. The lowest BCUT2D eigenvalue weighted by Gasteiger charge is -2.23. The van der Waals surface area contributed by atoms with Crippen LogP contribution in [0, 0.1) is 10.1 Å². The van der Waals surface area contributed by atoms with E-state index < -0.39 is 33.3 Å². The van der Waals surface area contributed by atoms with Crippen molar-refractivity contribution in [2.24, 2.45) is 14.1 Å². The number of rotatable bonds is 7. The first-order valence-corrected chi connectivity index (χ1v) is 11.5. The summed E-state index contributed by atoms with van der Waals surface area (Å²) in [6.07, 6.45) is 0. The Hall–Kier alpha value is -5.20. The number of H-pyrrole nitrogens is 2. The first-order chi connectivity index (χ1) is 18.1. The Morgan fingerprint density at radius 1 is 0.737 bits per heavy atom. The predicted molar refractivity (Wildman–Crippen MR) is 143 cm³/mol. The van der Waals surface area contributed by atoms with E-state index >= 15 is 0 Å². The van der Waals surface area contributed by atoms with Crippen LogP contribution in [0.4, 0.5) is 17.3 Å². The molecule has 13 heteroatoms. The highest BCUT2D eigenvalue weighted by Gasteiger charge is 2.31. The van der Waals surface area contributed by atoms with Gasteiger partial charge in [-0.15, -0.1) is 0 Å². The lowest BCUT2D eigenvalue weighted by molar-refractivity contribution is -0.384. The van der Waals surface area contributed by atoms with Crippen LogP contribution in [-0.2, 0) is 14.1 Å². The van der Waals surface area contributed by atoms with Crippen molar-refractivity contribution in [2.45, 2.75) is 5.92 Å². The molecular weight excluding hydrogens is 494 g/mol. The summed E-state index contributed by atoms with van der Waals surface area (Å²) in [6, 6.07) is 13.0. The lowest BCUT2D eigenvalue weighted by Crippen LogP contribution is -2.40. The Kier molecular flexibility index (Phi) is 6.84. The van der Waals surface area contributed by atoms with Gasteiger partial charge in [0.05, 0.1) is 22.0 Å². The third-order valence-corrected chi connectivity index (χ3v) is 6.41. The molecule has 4 aromatic rings. The molecule has 0 bridgehead atoms. The number of aromatic amines is 2. The summed E-state index contributed by atoms with van der Waals surface area (Å²) in [5.74, 6) is -0.757. The average Bonchev–Trinajstić information content (AvgIpc) is 2.92. The minimum absolute atomic E-state index is 0.0348. The van der Waals surface area contributed by atoms with Gasteiger partial charge in [0.25, 0.3) is 16.8 Å². The summed E-state index contributed by atoms with van der Waals surface area (Å²) in [4.78, 5) is 67.3. The van der Waals surface area contributed by atoms with Gasteiger partial charge in [0.2, 0.25) is 0 Å². The number of nitrogens with zero attached hydrogens (tertiary/aromatic N) is 3. The van der Waals surface area contributed by atoms with Gasteiger partial charge in [-0.1, -0.05) is 24.3 Å². The van der Waals surface area contributed by atoms with Crippen molar-refractivity contribution in [2.75, 3.05) is 24.7 Å². The van der Waals surface area contributed by atoms with E-state index in [-0.39, 0.29) is 28.5 Å². The van der Waals surface area contributed by atoms with Crippen molar-refractivity contribution in [1.82, 2.24) is 19.1 Å². The van der Waals surface area contributed by atoms with Crippen molar-refractivity contribution >= 4 is 17.3 Å². The molecule has 0 atom stereocenters. The minimum Gasteiger partial charge on any atom is -0.374 e. The van der Waals surface area contributed by atoms with Gasteiger partial charge in [0, 0.05) is 40.3 Å². The minimum atomic E-state index is -1.00. The zero-order valence-electron chi connectivity index (χ0n) is 21.0. The van der Waals surface area contributed by atoms with E-state index in [1.54, 1.807) is 36.4 Å². The lowest BCUT2D eigenvalue weighted by atomic mass is 9.85. The summed E-state index contributed by atoms with van der Waals surface area (Å²) in [5, 5.41) is 16.7. The quantitative estimate of drug-likeness (QED) is 0.208. The average molecular weight is 520 g/mol. The van der Waals surface area contributed by atoms with Gasteiger partial charge >= 0.3 is 11.4 Å². The van der Waals surface area contributed by atoms with Crippen LogP contribution in [0.15, 0.2) is 67.7 Å². The Labute approximate surface area is 214 Å². The summed E-state index contributed by atoms with van der Waals surface area (Å²) < 4.78 is 1.81. The molecule has 0 aliphatic carbocycles. The van der Waals surface area contributed by atoms with E-state index in [9.17, 15) is 29.3 Å². The molecular formula is C25H25N7O6. The largest absolute Gasteiger partial charge is 0.374 e. The van der Waals surface area contributed by atoms with Crippen molar-refractivity contribution in [1.29, 1.82) is 0 Å². The SMILES string of the molecule is CNc1[nH]c(=O)n(C)c(=O)c1C(c1ccc(-c2ccc([N+](=O)[O-])cc2)cc1)c1c(NC)[nH]c(=O)n(C)c1=O. The number of nitro groups is 1. The molecule has 2 heterocycles. The topological polar surface area (TPSA) is 177 Å². The number of anilines is 2. The molecule has 0 saturated carbocycles. The van der Waals surface area contributed by atoms with Gasteiger partial charge in [-0.05, 0) is 28.8 Å². The van der Waals surface area contributed by atoms with Gasteiger partial charge in [0.1, 0.15) is 11.6 Å². The first-order valence-electron chi connectivity index (χ1n) is 11.5. The maximum absolute atomic E-state index is 13.4. The highest BCUT2D eigenvalue weighted by atomic mass is 16.6. The second kappa shape index (κ2) is 10.0. The molecule has 0 radical (unpaired) electrons. The van der Waals surface area contributed by atoms with E-state index in [0.717, 1.165) is 20.3 Å². The van der Waals surface area contributed by atoms with Crippen LogP contribution in [0.25, 0.3) is 11.1 Å². The van der Waals surface area contributed by atoms with Crippen LogP contribution in [0.1, 0.15) is 22.6 Å². The molecule has 38 heavy (non-hydrogen) atoms. The van der Waals surface area contributed by atoms with Crippen molar-refractivity contribution < 1.29 is 4.92 Å². The molecule has 13 nitrogen and oxygen atoms in total. The molecule has 4 rings (SSSR count). The van der Waals surface area contributed by atoms with Crippen molar-refractivity contribution in [3.05, 3.63) is 117 Å². The normalized spacial score (nSPS) is 11.0. The summed E-state index contributed by atoms with van der Waals surface area (Å²) >= 11 is 0. The van der Waals surface area contributed by atoms with Crippen LogP contribution in [0.5, 0.6) is 0 Å². The maximum atomic E-state index is 13.4. The Balaban J connectivity index is 2.00. The van der Waals surface area contributed by atoms with E-state index in [2.05, 4.69) is 20.6 Å². The fraction of sp³-hybridized carbons (Fsp3) is 0.200. The molecule has 2 aromatic heterocycles. The Morgan fingerprint density at radius 2 is 1.13 bits per heavy atom. The standard InChI is InChI=1S/C25H25N7O6/c1-26-20-18(22(33)30(3)24(35)28-20)17(19-21(27-2)29-25(36)31(4)23(19)34)15-7-5-13(6-8-15)14-9-11-16(12-10-14)32(37)38/h5-12,17,26-27H,1-4H3,(H,28,35)(H,29,36). The summed E-state index contributed by atoms with van der Waals surface area (Å²) in [5.41, 5.74) is -0.381. The van der Waals surface area contributed by atoms with Crippen LogP contribution in [0.3, 0.4) is 0 Å². The zero-order valence-corrected chi connectivity index (χ0v) is 21.0. The van der Waals surface area contributed by atoms with E-state index in [4.69, 9.17) is 0 Å². The Bertz CT molecular complexity index is 1680. The highest BCUT2D eigenvalue weighted by molar-refractivity contribution is 5.66. The molecule has 0 fully saturated rings. The molecule has 0 saturated heterocycles. The van der Waals surface area contributed by atoms with Crippen LogP contribution in [-0.4, -0.2) is 38.1 Å². The third kappa shape index (κ3) is 4.40. The molecule has 196 valence electrons. The predicted octanol–water partition coefficient (Wildman–Crippen LogP) is 1.30. The number of non-ortho nitro benzene ring substituents is 1. The fourth-order valence-corrected chi connectivity index (χ4v) is 4.33. The number of hydrogen-bond acceptors (Lipinski definition) is 8. The van der Waals surface area contributed by atoms with Crippen LogP contribution < -0.4 is 33.1 Å². The van der Waals surface area contributed by atoms with Crippen molar-refractivity contribution in [3.8, 4) is 11.1 Å². The highest BCUT2D eigenvalue weighted by Crippen LogP contribution is 2.35. The first kappa shape index (κ1) is 25.9. The van der Waals surface area contributed by atoms with Gasteiger partial charge in [-0.2, -0.15) is 0 Å². The van der Waals surface area contributed by atoms with Crippen LogP contribution >= 0.6 is 0 Å². The molecule has 4 N–H and O–H groups in total. The number of hydrogen-bond donors (Lipinski definition) is 4. The fourth-order valence-electron chi connectivity index (χ4n) is 4.33. The summed E-state index contributed by atoms with van der Waals surface area (Å²) in [6.45, 7) is 0. The monoisotopic (exact) mass is 519 g/mol. The molecule has 0 spiro atoms. The number of nitro benzene ring substituents is 1. The van der Waals surface area contributed by atoms with Crippen molar-refractivity contribution in [3.63, 3.8) is 0 Å². The molecule has 0 amide bonds. The van der Waals surface area contributed by atoms with Gasteiger partial charge in [-0.3, -0.25) is 38.8 Å². The van der Waals surface area contributed by atoms with Gasteiger partial charge in [0.15, 0.2) is 0 Å². The van der Waals surface area contributed by atoms with Gasteiger partial charge in [-0.25, -0.2) is 9.59 Å². The number of aromatic nitrogens is 4. The Morgan fingerprint density at radius 3 is 1.50 bits per heavy atom. The third-order valence-electron chi connectivity index (χ3n) is 6.41. The second-order valence-electron chi connectivity index (χ2n) is 8.52. The summed E-state index contributed by atoms with van der Waals surface area (Å²) in [7, 11) is 5.71. The zero-order chi connectivity index (χ0) is 27.7.